The Labute approximate surface area is 129 Å². The van der Waals surface area contributed by atoms with Crippen LogP contribution in [0.4, 0.5) is 10.1 Å². The van der Waals surface area contributed by atoms with Gasteiger partial charge in [0.1, 0.15) is 10.7 Å². The van der Waals surface area contributed by atoms with E-state index < -0.39 is 20.7 Å². The fraction of sp³-hybridized carbons (Fsp3) is 0.167. The Morgan fingerprint density at radius 1 is 1.45 bits per heavy atom. The van der Waals surface area contributed by atoms with E-state index >= 15 is 0 Å². The molecule has 0 saturated carbocycles. The monoisotopic (exact) mass is 378 g/mol. The van der Waals surface area contributed by atoms with Crippen molar-refractivity contribution in [1.82, 2.24) is 4.72 Å². The van der Waals surface area contributed by atoms with Crippen LogP contribution in [0.25, 0.3) is 0 Å². The van der Waals surface area contributed by atoms with Crippen molar-refractivity contribution in [2.24, 2.45) is 0 Å². The van der Waals surface area contributed by atoms with E-state index in [2.05, 4.69) is 20.7 Å². The Morgan fingerprint density at radius 3 is 2.75 bits per heavy atom. The zero-order chi connectivity index (χ0) is 14.9. The molecule has 0 aliphatic carbocycles. The number of nitrogen functional groups attached to an aromatic ring is 1. The quantitative estimate of drug-likeness (QED) is 0.803. The average molecular weight is 379 g/mol. The Kier molecular flexibility index (Phi) is 4.48. The molecule has 0 spiro atoms. The van der Waals surface area contributed by atoms with Gasteiger partial charge in [-0.3, -0.25) is 0 Å². The smallest absolute Gasteiger partial charge is 0.243 e. The van der Waals surface area contributed by atoms with E-state index in [1.165, 1.54) is 24.3 Å². The number of thiophene rings is 1. The summed E-state index contributed by atoms with van der Waals surface area (Å²) in [5.74, 6) is -0.781. The van der Waals surface area contributed by atoms with E-state index in [0.29, 0.717) is 0 Å². The van der Waals surface area contributed by atoms with Crippen LogP contribution in [-0.4, -0.2) is 8.42 Å². The molecule has 0 radical (unpaired) electrons. The highest BCUT2D eigenvalue weighted by atomic mass is 79.9. The molecule has 20 heavy (non-hydrogen) atoms. The number of nitrogens with two attached hydrogens (primary N) is 1. The summed E-state index contributed by atoms with van der Waals surface area (Å²) in [6, 6.07) is 4.33. The van der Waals surface area contributed by atoms with Gasteiger partial charge in [0.2, 0.25) is 10.0 Å². The molecule has 0 unspecified atom stereocenters. The molecule has 8 heteroatoms. The van der Waals surface area contributed by atoms with Crippen LogP contribution in [0.1, 0.15) is 10.4 Å². The van der Waals surface area contributed by atoms with Gasteiger partial charge < -0.3 is 5.73 Å². The van der Waals surface area contributed by atoms with Gasteiger partial charge in [0.05, 0.1) is 0 Å². The van der Waals surface area contributed by atoms with Crippen molar-refractivity contribution in [3.05, 3.63) is 44.3 Å². The molecule has 3 N–H and O–H groups in total. The number of rotatable bonds is 4. The van der Waals surface area contributed by atoms with Crippen molar-refractivity contribution < 1.29 is 12.8 Å². The van der Waals surface area contributed by atoms with Gasteiger partial charge in [-0.2, -0.15) is 0 Å². The molecular formula is C12H12BrFN2O2S2. The van der Waals surface area contributed by atoms with Crippen LogP contribution < -0.4 is 10.5 Å². The highest BCUT2D eigenvalue weighted by molar-refractivity contribution is 9.10. The van der Waals surface area contributed by atoms with E-state index in [1.807, 2.05) is 11.4 Å². The number of sulfonamides is 1. The van der Waals surface area contributed by atoms with E-state index in [9.17, 15) is 12.8 Å². The topological polar surface area (TPSA) is 72.2 Å². The molecule has 0 bridgehead atoms. The average Bonchev–Trinajstić information content (AvgIpc) is 2.77. The molecule has 1 aromatic carbocycles. The van der Waals surface area contributed by atoms with Crippen LogP contribution in [0, 0.1) is 12.7 Å². The predicted molar refractivity (Wildman–Crippen MR) is 81.6 cm³/mol. The second-order valence-electron chi connectivity index (χ2n) is 4.17. The summed E-state index contributed by atoms with van der Waals surface area (Å²) in [7, 11) is -3.95. The lowest BCUT2D eigenvalue weighted by molar-refractivity contribution is 0.553. The summed E-state index contributed by atoms with van der Waals surface area (Å²) in [5.41, 5.74) is 5.98. The maximum Gasteiger partial charge on any atom is 0.243 e. The van der Waals surface area contributed by atoms with Gasteiger partial charge in [-0.15, -0.1) is 11.3 Å². The first kappa shape index (κ1) is 15.4. The molecule has 1 heterocycles. The van der Waals surface area contributed by atoms with E-state index in [1.54, 1.807) is 0 Å². The van der Waals surface area contributed by atoms with Crippen LogP contribution in [0.5, 0.6) is 0 Å². The highest BCUT2D eigenvalue weighted by Gasteiger charge is 2.21. The highest BCUT2D eigenvalue weighted by Crippen LogP contribution is 2.24. The second kappa shape index (κ2) is 5.80. The van der Waals surface area contributed by atoms with Crippen molar-refractivity contribution in [1.29, 1.82) is 0 Å². The first-order chi connectivity index (χ1) is 9.31. The second-order valence-corrected chi connectivity index (χ2v) is 7.76. The summed E-state index contributed by atoms with van der Waals surface area (Å²) in [4.78, 5) is 0.386. The Balaban J connectivity index is 2.29. The fourth-order valence-electron chi connectivity index (χ4n) is 1.65. The maximum atomic E-state index is 13.9. The molecule has 0 aliphatic heterocycles. The van der Waals surface area contributed by atoms with Crippen molar-refractivity contribution in [2.45, 2.75) is 18.4 Å². The number of nitrogens with one attached hydrogen (secondary N) is 1. The van der Waals surface area contributed by atoms with E-state index in [0.717, 1.165) is 15.4 Å². The molecule has 1 aromatic heterocycles. The van der Waals surface area contributed by atoms with Gasteiger partial charge in [0, 0.05) is 21.6 Å². The molecule has 2 aromatic rings. The van der Waals surface area contributed by atoms with Crippen LogP contribution in [0.3, 0.4) is 0 Å². The number of hydrogen-bond donors (Lipinski definition) is 2. The summed E-state index contributed by atoms with van der Waals surface area (Å²) in [5, 5.41) is 1.83. The van der Waals surface area contributed by atoms with Crippen LogP contribution in [-0.2, 0) is 16.6 Å². The Bertz CT molecular complexity index is 744. The van der Waals surface area contributed by atoms with Crippen LogP contribution in [0.2, 0.25) is 0 Å². The maximum absolute atomic E-state index is 13.9. The number of anilines is 1. The SMILES string of the molecule is Cc1cc(N)cc(S(=O)(=O)NCc2sccc2Br)c1F. The summed E-state index contributed by atoms with van der Waals surface area (Å²) in [6.07, 6.45) is 0. The van der Waals surface area contributed by atoms with Crippen molar-refractivity contribution >= 4 is 43.0 Å². The number of hydrogen-bond acceptors (Lipinski definition) is 4. The Hall–Kier alpha value is -0.960. The first-order valence-electron chi connectivity index (χ1n) is 5.58. The van der Waals surface area contributed by atoms with Crippen LogP contribution in [0.15, 0.2) is 32.9 Å². The van der Waals surface area contributed by atoms with Crippen molar-refractivity contribution in [3.8, 4) is 0 Å². The Morgan fingerprint density at radius 2 is 2.15 bits per heavy atom. The molecule has 0 atom stereocenters. The summed E-state index contributed by atoms with van der Waals surface area (Å²) < 4.78 is 41.4. The number of halogens is 2. The van der Waals surface area contributed by atoms with Gasteiger partial charge in [-0.05, 0) is 52.0 Å². The zero-order valence-electron chi connectivity index (χ0n) is 10.5. The number of benzene rings is 1. The summed E-state index contributed by atoms with van der Waals surface area (Å²) in [6.45, 7) is 1.56. The van der Waals surface area contributed by atoms with Crippen LogP contribution >= 0.6 is 27.3 Å². The standard InChI is InChI=1S/C12H12BrFN2O2S2/c1-7-4-8(15)5-11(12(7)14)20(17,18)16-6-10-9(13)2-3-19-10/h2-5,16H,6,15H2,1H3. The van der Waals surface area contributed by atoms with Gasteiger partial charge >= 0.3 is 0 Å². The molecule has 0 fully saturated rings. The van der Waals surface area contributed by atoms with Gasteiger partial charge in [0.15, 0.2) is 0 Å². The zero-order valence-corrected chi connectivity index (χ0v) is 13.7. The fourth-order valence-corrected chi connectivity index (χ4v) is 4.35. The molecule has 2 rings (SSSR count). The molecular weight excluding hydrogens is 367 g/mol. The molecule has 108 valence electrons. The van der Waals surface area contributed by atoms with E-state index in [-0.39, 0.29) is 17.8 Å². The minimum Gasteiger partial charge on any atom is -0.399 e. The van der Waals surface area contributed by atoms with E-state index in [4.69, 9.17) is 5.73 Å². The van der Waals surface area contributed by atoms with Gasteiger partial charge in [-0.25, -0.2) is 17.5 Å². The normalized spacial score (nSPS) is 11.8. The lowest BCUT2D eigenvalue weighted by Crippen LogP contribution is -2.24. The summed E-state index contributed by atoms with van der Waals surface area (Å²) >= 11 is 4.71. The lowest BCUT2D eigenvalue weighted by Gasteiger charge is -2.09. The third-order valence-corrected chi connectivity index (χ3v) is 5.97. The number of aryl methyl sites for hydroxylation is 1. The van der Waals surface area contributed by atoms with Crippen molar-refractivity contribution in [2.75, 3.05) is 5.73 Å². The molecule has 0 amide bonds. The third kappa shape index (κ3) is 3.20. The minimum absolute atomic E-state index is 0.0911. The third-order valence-electron chi connectivity index (χ3n) is 2.65. The van der Waals surface area contributed by atoms with Gasteiger partial charge in [0.25, 0.3) is 0 Å². The lowest BCUT2D eigenvalue weighted by atomic mass is 10.2. The predicted octanol–water partition coefficient (Wildman–Crippen LogP) is 3.02. The largest absolute Gasteiger partial charge is 0.399 e. The van der Waals surface area contributed by atoms with Crippen molar-refractivity contribution in [3.63, 3.8) is 0 Å². The minimum atomic E-state index is -3.95. The first-order valence-corrected chi connectivity index (χ1v) is 8.74. The van der Waals surface area contributed by atoms with Gasteiger partial charge in [-0.1, -0.05) is 0 Å². The molecule has 0 aliphatic rings. The molecule has 0 saturated heterocycles. The molecule has 4 nitrogen and oxygen atoms in total.